The summed E-state index contributed by atoms with van der Waals surface area (Å²) in [6.07, 6.45) is 0.992. The van der Waals surface area contributed by atoms with Gasteiger partial charge in [-0.15, -0.1) is 11.6 Å². The molecule has 0 saturated carbocycles. The van der Waals surface area contributed by atoms with Crippen LogP contribution in [-0.4, -0.2) is 19.1 Å². The van der Waals surface area contributed by atoms with Crippen LogP contribution in [0.5, 0.6) is 0 Å². The van der Waals surface area contributed by atoms with Crippen molar-refractivity contribution in [1.29, 1.82) is 0 Å². The van der Waals surface area contributed by atoms with Gasteiger partial charge in [-0.3, -0.25) is 0 Å². The molecule has 1 fully saturated rings. The summed E-state index contributed by atoms with van der Waals surface area (Å²) in [5.41, 5.74) is 2.82. The van der Waals surface area contributed by atoms with Gasteiger partial charge in [0, 0.05) is 11.3 Å². The maximum Gasteiger partial charge on any atom is 0.0586 e. The molecule has 18 heavy (non-hydrogen) atoms. The molecule has 94 valence electrons. The van der Waals surface area contributed by atoms with Crippen molar-refractivity contribution in [2.24, 2.45) is 0 Å². The van der Waals surface area contributed by atoms with Crippen molar-refractivity contribution in [1.82, 2.24) is 0 Å². The smallest absolute Gasteiger partial charge is 0.0586 e. The third-order valence-corrected chi connectivity index (χ3v) is 4.13. The Morgan fingerprint density at radius 3 is 2.50 bits per heavy atom. The number of hydrogen-bond donors (Lipinski definition) is 0. The first kappa shape index (κ1) is 12.0. The summed E-state index contributed by atoms with van der Waals surface area (Å²) in [6, 6.07) is 13.3. The fourth-order valence-electron chi connectivity index (χ4n) is 2.68. The molecular weight excluding hydrogens is 244 g/mol. The van der Waals surface area contributed by atoms with Crippen molar-refractivity contribution in [2.75, 3.05) is 19.1 Å². The zero-order valence-corrected chi connectivity index (χ0v) is 11.3. The average molecular weight is 261 g/mol. The van der Waals surface area contributed by atoms with Crippen LogP contribution in [0, 0.1) is 6.92 Å². The zero-order valence-electron chi connectivity index (χ0n) is 10.6. The normalized spacial score (nSPS) is 17.7. The molecule has 2 heteroatoms. The topological polar surface area (TPSA) is 9.23 Å². The molecular formula is C16H17ClO. The Kier molecular flexibility index (Phi) is 3.04. The van der Waals surface area contributed by atoms with Gasteiger partial charge < -0.3 is 4.74 Å². The molecule has 1 aliphatic rings. The lowest BCUT2D eigenvalue weighted by Gasteiger charge is -2.42. The van der Waals surface area contributed by atoms with Gasteiger partial charge in [-0.25, -0.2) is 0 Å². The van der Waals surface area contributed by atoms with Crippen molar-refractivity contribution in [3.63, 3.8) is 0 Å². The number of benzene rings is 2. The summed E-state index contributed by atoms with van der Waals surface area (Å²) in [7, 11) is 0. The van der Waals surface area contributed by atoms with E-state index in [-0.39, 0.29) is 5.41 Å². The van der Waals surface area contributed by atoms with Crippen molar-refractivity contribution >= 4 is 22.4 Å². The van der Waals surface area contributed by atoms with E-state index in [2.05, 4.69) is 43.3 Å². The lowest BCUT2D eigenvalue weighted by Crippen LogP contribution is -2.47. The van der Waals surface area contributed by atoms with E-state index in [9.17, 15) is 0 Å². The summed E-state index contributed by atoms with van der Waals surface area (Å²) in [6.45, 7) is 3.73. The third kappa shape index (κ3) is 1.92. The van der Waals surface area contributed by atoms with Crippen LogP contribution in [0.2, 0.25) is 0 Å². The second kappa shape index (κ2) is 4.56. The first-order chi connectivity index (χ1) is 8.73. The highest BCUT2D eigenvalue weighted by molar-refractivity contribution is 6.17. The Bertz CT molecular complexity index is 572. The zero-order chi connectivity index (χ0) is 12.6. The fraction of sp³-hybridized carbons (Fsp3) is 0.375. The average Bonchev–Trinajstić information content (AvgIpc) is 2.33. The Labute approximate surface area is 113 Å². The predicted molar refractivity (Wildman–Crippen MR) is 76.5 cm³/mol. The van der Waals surface area contributed by atoms with Crippen LogP contribution in [0.25, 0.3) is 10.8 Å². The number of rotatable bonds is 3. The minimum Gasteiger partial charge on any atom is -0.379 e. The number of ether oxygens (including phenoxy) is 1. The summed E-state index contributed by atoms with van der Waals surface area (Å²) in [5.74, 6) is 0.690. The number of fused-ring (bicyclic) bond motifs is 1. The summed E-state index contributed by atoms with van der Waals surface area (Å²) >= 11 is 5.93. The minimum atomic E-state index is 0.154. The van der Waals surface area contributed by atoms with E-state index in [4.69, 9.17) is 16.3 Å². The Morgan fingerprint density at radius 1 is 1.11 bits per heavy atom. The van der Waals surface area contributed by atoms with E-state index in [1.54, 1.807) is 0 Å². The van der Waals surface area contributed by atoms with Crippen molar-refractivity contribution in [3.8, 4) is 0 Å². The lowest BCUT2D eigenvalue weighted by atomic mass is 9.76. The minimum absolute atomic E-state index is 0.154. The lowest BCUT2D eigenvalue weighted by molar-refractivity contribution is -0.0615. The van der Waals surface area contributed by atoms with Crippen LogP contribution in [-0.2, 0) is 10.2 Å². The molecule has 0 amide bonds. The van der Waals surface area contributed by atoms with Gasteiger partial charge in [0.1, 0.15) is 0 Å². The van der Waals surface area contributed by atoms with Gasteiger partial charge in [-0.2, -0.15) is 0 Å². The molecule has 1 saturated heterocycles. The first-order valence-corrected chi connectivity index (χ1v) is 6.92. The molecule has 1 nitrogen and oxygen atoms in total. The molecule has 0 unspecified atom stereocenters. The van der Waals surface area contributed by atoms with E-state index < -0.39 is 0 Å². The maximum atomic E-state index is 5.93. The van der Waals surface area contributed by atoms with Gasteiger partial charge in [-0.05, 0) is 29.7 Å². The second-order valence-electron chi connectivity index (χ2n) is 5.28. The van der Waals surface area contributed by atoms with Gasteiger partial charge in [0.15, 0.2) is 0 Å². The van der Waals surface area contributed by atoms with Gasteiger partial charge in [0.2, 0.25) is 0 Å². The molecule has 3 rings (SSSR count). The molecule has 0 bridgehead atoms. The van der Waals surface area contributed by atoms with E-state index >= 15 is 0 Å². The highest BCUT2D eigenvalue weighted by atomic mass is 35.5. The summed E-state index contributed by atoms with van der Waals surface area (Å²) in [5, 5.41) is 2.61. The summed E-state index contributed by atoms with van der Waals surface area (Å²) in [4.78, 5) is 0. The van der Waals surface area contributed by atoms with Crippen molar-refractivity contribution in [2.45, 2.75) is 18.8 Å². The predicted octanol–water partition coefficient (Wildman–Crippen LogP) is 4.05. The quantitative estimate of drug-likeness (QED) is 0.757. The van der Waals surface area contributed by atoms with Crippen LogP contribution >= 0.6 is 11.6 Å². The highest BCUT2D eigenvalue weighted by Gasteiger charge is 2.39. The van der Waals surface area contributed by atoms with Gasteiger partial charge >= 0.3 is 0 Å². The number of aryl methyl sites for hydroxylation is 1. The second-order valence-corrected chi connectivity index (χ2v) is 5.66. The van der Waals surface area contributed by atoms with Crippen molar-refractivity contribution < 1.29 is 4.74 Å². The van der Waals surface area contributed by atoms with Gasteiger partial charge in [0.25, 0.3) is 0 Å². The van der Waals surface area contributed by atoms with Gasteiger partial charge in [0.05, 0.1) is 13.2 Å². The molecule has 0 N–H and O–H groups in total. The SMILES string of the molecule is Cc1ccc2cc(C3(CCCl)COC3)ccc2c1. The molecule has 1 aliphatic heterocycles. The van der Waals surface area contributed by atoms with Crippen LogP contribution in [0.3, 0.4) is 0 Å². The number of alkyl halides is 1. The molecule has 0 radical (unpaired) electrons. The Hall–Kier alpha value is -1.05. The maximum absolute atomic E-state index is 5.93. The van der Waals surface area contributed by atoms with E-state index in [0.717, 1.165) is 19.6 Å². The largest absolute Gasteiger partial charge is 0.379 e. The van der Waals surface area contributed by atoms with E-state index in [1.807, 2.05) is 0 Å². The third-order valence-electron chi connectivity index (χ3n) is 3.94. The van der Waals surface area contributed by atoms with Crippen LogP contribution in [0.4, 0.5) is 0 Å². The van der Waals surface area contributed by atoms with Gasteiger partial charge in [-0.1, -0.05) is 42.0 Å². The van der Waals surface area contributed by atoms with Crippen LogP contribution < -0.4 is 0 Å². The first-order valence-electron chi connectivity index (χ1n) is 6.38. The van der Waals surface area contributed by atoms with Crippen LogP contribution in [0.15, 0.2) is 36.4 Å². The molecule has 2 aromatic rings. The van der Waals surface area contributed by atoms with Crippen molar-refractivity contribution in [3.05, 3.63) is 47.5 Å². The summed E-state index contributed by atoms with van der Waals surface area (Å²) < 4.78 is 5.42. The molecule has 0 aliphatic carbocycles. The highest BCUT2D eigenvalue weighted by Crippen LogP contribution is 2.37. The Morgan fingerprint density at radius 2 is 1.83 bits per heavy atom. The molecule has 0 atom stereocenters. The number of hydrogen-bond acceptors (Lipinski definition) is 1. The van der Waals surface area contributed by atoms with E-state index in [0.29, 0.717) is 5.88 Å². The standard InChI is InChI=1S/C16H17ClO/c1-12-2-3-14-9-15(5-4-13(14)8-12)16(6-7-17)10-18-11-16/h2-5,8-9H,6-7,10-11H2,1H3. The van der Waals surface area contributed by atoms with E-state index in [1.165, 1.54) is 21.9 Å². The molecule has 1 heterocycles. The Balaban J connectivity index is 2.05. The monoisotopic (exact) mass is 260 g/mol. The fourth-order valence-corrected chi connectivity index (χ4v) is 3.04. The van der Waals surface area contributed by atoms with Crippen LogP contribution in [0.1, 0.15) is 17.5 Å². The molecule has 2 aromatic carbocycles. The molecule has 0 spiro atoms. The molecule has 0 aromatic heterocycles. The number of halogens is 1.